The molecule has 1 fully saturated rings. The maximum Gasteiger partial charge on any atom is 0.222 e. The van der Waals surface area contributed by atoms with Gasteiger partial charge in [0.05, 0.1) is 6.04 Å². The fourth-order valence-corrected chi connectivity index (χ4v) is 1.74. The molecule has 2 heterocycles. The van der Waals surface area contributed by atoms with Crippen LogP contribution in [-0.2, 0) is 4.79 Å². The molecule has 0 bridgehead atoms. The second-order valence-corrected chi connectivity index (χ2v) is 3.61. The molecule has 4 nitrogen and oxygen atoms in total. The van der Waals surface area contributed by atoms with Crippen LogP contribution < -0.4 is 11.1 Å². The number of carbonyl (C=O) groups is 1. The Bertz CT molecular complexity index is 325. The first kappa shape index (κ1) is 9.15. The lowest BCUT2D eigenvalue weighted by Crippen LogP contribution is -2.42. The number of nitrogens with two attached hydrogens (primary N) is 1. The van der Waals surface area contributed by atoms with Crippen molar-refractivity contribution < 1.29 is 4.79 Å². The van der Waals surface area contributed by atoms with Crippen molar-refractivity contribution in [1.29, 1.82) is 0 Å². The lowest BCUT2D eigenvalue weighted by atomic mass is 9.95. The van der Waals surface area contributed by atoms with Crippen LogP contribution in [0.5, 0.6) is 0 Å². The van der Waals surface area contributed by atoms with Crippen molar-refractivity contribution in [3.63, 3.8) is 0 Å². The molecule has 1 saturated heterocycles. The van der Waals surface area contributed by atoms with E-state index in [1.807, 2.05) is 12.1 Å². The van der Waals surface area contributed by atoms with E-state index in [9.17, 15) is 4.79 Å². The SMILES string of the molecule is NC1CC(=O)NC(c2cccnc2)C1. The van der Waals surface area contributed by atoms with Crippen LogP contribution in [0.1, 0.15) is 24.4 Å². The first-order valence-electron chi connectivity index (χ1n) is 4.70. The van der Waals surface area contributed by atoms with Gasteiger partial charge in [-0.25, -0.2) is 0 Å². The summed E-state index contributed by atoms with van der Waals surface area (Å²) in [6.07, 6.45) is 4.70. The second kappa shape index (κ2) is 3.75. The van der Waals surface area contributed by atoms with Crippen LogP contribution >= 0.6 is 0 Å². The van der Waals surface area contributed by atoms with Gasteiger partial charge in [-0.15, -0.1) is 0 Å². The Balaban J connectivity index is 2.15. The molecule has 0 aromatic carbocycles. The summed E-state index contributed by atoms with van der Waals surface area (Å²) in [4.78, 5) is 15.3. The van der Waals surface area contributed by atoms with Crippen LogP contribution in [0.15, 0.2) is 24.5 Å². The zero-order chi connectivity index (χ0) is 9.97. The smallest absolute Gasteiger partial charge is 0.222 e. The molecule has 1 aliphatic rings. The molecule has 2 unspecified atom stereocenters. The van der Waals surface area contributed by atoms with Crippen molar-refractivity contribution in [3.05, 3.63) is 30.1 Å². The van der Waals surface area contributed by atoms with E-state index in [-0.39, 0.29) is 18.0 Å². The third-order valence-corrected chi connectivity index (χ3v) is 2.41. The zero-order valence-corrected chi connectivity index (χ0v) is 7.81. The van der Waals surface area contributed by atoms with Gasteiger partial charge in [0.15, 0.2) is 0 Å². The molecule has 2 atom stereocenters. The summed E-state index contributed by atoms with van der Waals surface area (Å²) < 4.78 is 0. The van der Waals surface area contributed by atoms with Gasteiger partial charge in [0.1, 0.15) is 0 Å². The molecule has 1 aromatic heterocycles. The van der Waals surface area contributed by atoms with Gasteiger partial charge in [-0.05, 0) is 18.1 Å². The monoisotopic (exact) mass is 191 g/mol. The van der Waals surface area contributed by atoms with Gasteiger partial charge in [-0.3, -0.25) is 9.78 Å². The Kier molecular flexibility index (Phi) is 2.45. The number of hydrogen-bond acceptors (Lipinski definition) is 3. The van der Waals surface area contributed by atoms with Crippen LogP contribution in [0.3, 0.4) is 0 Å². The molecule has 2 rings (SSSR count). The molecule has 4 heteroatoms. The number of aromatic nitrogens is 1. The van der Waals surface area contributed by atoms with Crippen molar-refractivity contribution in [2.75, 3.05) is 0 Å². The average molecular weight is 191 g/mol. The highest BCUT2D eigenvalue weighted by Gasteiger charge is 2.24. The van der Waals surface area contributed by atoms with E-state index in [4.69, 9.17) is 5.73 Å². The number of pyridine rings is 1. The van der Waals surface area contributed by atoms with E-state index in [0.717, 1.165) is 12.0 Å². The summed E-state index contributed by atoms with van der Waals surface area (Å²) in [5.41, 5.74) is 6.80. The van der Waals surface area contributed by atoms with E-state index in [1.54, 1.807) is 12.4 Å². The van der Waals surface area contributed by atoms with Crippen LogP contribution in [0, 0.1) is 0 Å². The fourth-order valence-electron chi connectivity index (χ4n) is 1.74. The van der Waals surface area contributed by atoms with Gasteiger partial charge >= 0.3 is 0 Å². The molecule has 3 N–H and O–H groups in total. The number of hydrogen-bond donors (Lipinski definition) is 2. The van der Waals surface area contributed by atoms with E-state index in [2.05, 4.69) is 10.3 Å². The Morgan fingerprint density at radius 2 is 2.43 bits per heavy atom. The van der Waals surface area contributed by atoms with Crippen LogP contribution in [0.2, 0.25) is 0 Å². The molecule has 14 heavy (non-hydrogen) atoms. The minimum atomic E-state index is -0.0334. The lowest BCUT2D eigenvalue weighted by molar-refractivity contribution is -0.123. The Labute approximate surface area is 82.5 Å². The first-order chi connectivity index (χ1) is 6.75. The van der Waals surface area contributed by atoms with Crippen LogP contribution in [-0.4, -0.2) is 16.9 Å². The number of rotatable bonds is 1. The van der Waals surface area contributed by atoms with Gasteiger partial charge in [0, 0.05) is 24.9 Å². The van der Waals surface area contributed by atoms with Gasteiger partial charge in [0.2, 0.25) is 5.91 Å². The predicted molar refractivity (Wildman–Crippen MR) is 52.3 cm³/mol. The topological polar surface area (TPSA) is 68.0 Å². The number of carbonyl (C=O) groups excluding carboxylic acids is 1. The predicted octanol–water partition coefficient (Wildman–Crippen LogP) is 0.360. The summed E-state index contributed by atoms with van der Waals surface area (Å²) in [5, 5.41) is 2.90. The highest BCUT2D eigenvalue weighted by atomic mass is 16.1. The van der Waals surface area contributed by atoms with Crippen molar-refractivity contribution in [1.82, 2.24) is 10.3 Å². The normalized spacial score (nSPS) is 27.1. The second-order valence-electron chi connectivity index (χ2n) is 3.61. The number of nitrogens with one attached hydrogen (secondary N) is 1. The van der Waals surface area contributed by atoms with Gasteiger partial charge < -0.3 is 11.1 Å². The molecule has 0 radical (unpaired) electrons. The lowest BCUT2D eigenvalue weighted by Gasteiger charge is -2.27. The van der Waals surface area contributed by atoms with E-state index in [0.29, 0.717) is 6.42 Å². The largest absolute Gasteiger partial charge is 0.349 e. The summed E-state index contributed by atoms with van der Waals surface area (Å²) in [6.45, 7) is 0. The zero-order valence-electron chi connectivity index (χ0n) is 7.81. The Morgan fingerprint density at radius 1 is 1.57 bits per heavy atom. The van der Waals surface area contributed by atoms with Gasteiger partial charge in [-0.1, -0.05) is 6.07 Å². The first-order valence-corrected chi connectivity index (χ1v) is 4.70. The summed E-state index contributed by atoms with van der Waals surface area (Å²) in [6, 6.07) is 3.81. The highest BCUT2D eigenvalue weighted by molar-refractivity contribution is 5.78. The van der Waals surface area contributed by atoms with E-state index < -0.39 is 0 Å². The Hall–Kier alpha value is -1.42. The van der Waals surface area contributed by atoms with E-state index >= 15 is 0 Å². The van der Waals surface area contributed by atoms with Crippen molar-refractivity contribution in [2.24, 2.45) is 5.73 Å². The molecule has 1 aromatic rings. The standard InChI is InChI=1S/C10H13N3O/c11-8-4-9(13-10(14)5-8)7-2-1-3-12-6-7/h1-3,6,8-9H,4-5,11H2,(H,13,14). The van der Waals surface area contributed by atoms with Gasteiger partial charge in [-0.2, -0.15) is 0 Å². The molecular formula is C10H13N3O. The Morgan fingerprint density at radius 3 is 3.07 bits per heavy atom. The van der Waals surface area contributed by atoms with Crippen molar-refractivity contribution in [2.45, 2.75) is 24.9 Å². The maximum absolute atomic E-state index is 11.2. The third kappa shape index (κ3) is 1.90. The molecule has 74 valence electrons. The third-order valence-electron chi connectivity index (χ3n) is 2.41. The summed E-state index contributed by atoms with van der Waals surface area (Å²) >= 11 is 0. The number of piperidine rings is 1. The molecule has 0 saturated carbocycles. The van der Waals surface area contributed by atoms with E-state index in [1.165, 1.54) is 0 Å². The summed E-state index contributed by atoms with van der Waals surface area (Å²) in [5.74, 6) is 0.0256. The quantitative estimate of drug-likeness (QED) is 0.673. The number of amides is 1. The fraction of sp³-hybridized carbons (Fsp3) is 0.400. The van der Waals surface area contributed by atoms with Gasteiger partial charge in [0.25, 0.3) is 0 Å². The average Bonchev–Trinajstić information content (AvgIpc) is 2.18. The maximum atomic E-state index is 11.2. The van der Waals surface area contributed by atoms with Crippen LogP contribution in [0.4, 0.5) is 0 Å². The number of nitrogens with zero attached hydrogens (tertiary/aromatic N) is 1. The molecule has 1 aliphatic heterocycles. The molecule has 0 spiro atoms. The molecule has 1 amide bonds. The minimum Gasteiger partial charge on any atom is -0.349 e. The van der Waals surface area contributed by atoms with Crippen molar-refractivity contribution >= 4 is 5.91 Å². The minimum absolute atomic E-state index is 0.0256. The molecular weight excluding hydrogens is 178 g/mol. The van der Waals surface area contributed by atoms with Crippen LogP contribution in [0.25, 0.3) is 0 Å². The van der Waals surface area contributed by atoms with Crippen molar-refractivity contribution in [3.8, 4) is 0 Å². The summed E-state index contributed by atoms with van der Waals surface area (Å²) in [7, 11) is 0. The molecule has 0 aliphatic carbocycles. The highest BCUT2D eigenvalue weighted by Crippen LogP contribution is 2.21.